The lowest BCUT2D eigenvalue weighted by Crippen LogP contribution is -2.32. The highest BCUT2D eigenvalue weighted by Crippen LogP contribution is 2.15. The summed E-state index contributed by atoms with van der Waals surface area (Å²) in [7, 11) is 1.75. The Morgan fingerprint density at radius 2 is 2.00 bits per heavy atom. The molecule has 0 radical (unpaired) electrons. The van der Waals surface area contributed by atoms with Gasteiger partial charge in [-0.05, 0) is 37.1 Å². The Bertz CT molecular complexity index is 486. The largest absolute Gasteiger partial charge is 0.478 e. The maximum atomic E-state index is 11.9. The van der Waals surface area contributed by atoms with Gasteiger partial charge in [-0.15, -0.1) is 0 Å². The second-order valence-corrected chi connectivity index (χ2v) is 4.89. The van der Waals surface area contributed by atoms with Gasteiger partial charge in [0, 0.05) is 19.3 Å². The molecule has 0 saturated heterocycles. The van der Waals surface area contributed by atoms with Gasteiger partial charge in [-0.1, -0.05) is 19.8 Å². The van der Waals surface area contributed by atoms with E-state index in [0.29, 0.717) is 17.8 Å². The molecule has 0 bridgehead atoms. The van der Waals surface area contributed by atoms with Crippen LogP contribution in [0.15, 0.2) is 18.2 Å². The molecule has 0 spiro atoms. The number of benzene rings is 1. The van der Waals surface area contributed by atoms with Crippen molar-refractivity contribution in [3.8, 4) is 0 Å². The number of carboxylic acid groups (broad SMARTS) is 1. The Hall–Kier alpha value is -2.04. The first-order valence-corrected chi connectivity index (χ1v) is 6.81. The molecule has 0 atom stereocenters. The Morgan fingerprint density at radius 1 is 1.30 bits per heavy atom. The molecule has 5 heteroatoms. The van der Waals surface area contributed by atoms with Crippen LogP contribution in [0.3, 0.4) is 0 Å². The second kappa shape index (κ2) is 7.53. The Balaban J connectivity index is 2.62. The van der Waals surface area contributed by atoms with Crippen molar-refractivity contribution in [1.82, 2.24) is 4.90 Å². The number of hydrogen-bond acceptors (Lipinski definition) is 2. The lowest BCUT2D eigenvalue weighted by Gasteiger charge is -2.18. The predicted octanol–water partition coefficient (Wildman–Crippen LogP) is 3.35. The first-order valence-electron chi connectivity index (χ1n) is 6.81. The van der Waals surface area contributed by atoms with E-state index in [2.05, 4.69) is 12.2 Å². The number of urea groups is 1. The molecule has 110 valence electrons. The molecule has 1 rings (SSSR count). The average Bonchev–Trinajstić information content (AvgIpc) is 2.38. The molecule has 1 aromatic carbocycles. The SMILES string of the molecule is CCCCCN(C)C(=O)Nc1ccc(C(=O)O)c(C)c1. The van der Waals surface area contributed by atoms with Gasteiger partial charge in [-0.2, -0.15) is 0 Å². The summed E-state index contributed by atoms with van der Waals surface area (Å²) in [4.78, 5) is 24.5. The fourth-order valence-corrected chi connectivity index (χ4v) is 1.90. The zero-order chi connectivity index (χ0) is 15.1. The van der Waals surface area contributed by atoms with Crippen LogP contribution < -0.4 is 5.32 Å². The number of unbranched alkanes of at least 4 members (excludes halogenated alkanes) is 2. The van der Waals surface area contributed by atoms with Crippen molar-refractivity contribution in [2.75, 3.05) is 18.9 Å². The van der Waals surface area contributed by atoms with E-state index in [9.17, 15) is 9.59 Å². The van der Waals surface area contributed by atoms with Crippen LogP contribution in [0.4, 0.5) is 10.5 Å². The van der Waals surface area contributed by atoms with Crippen molar-refractivity contribution in [2.24, 2.45) is 0 Å². The quantitative estimate of drug-likeness (QED) is 0.784. The van der Waals surface area contributed by atoms with Gasteiger partial charge in [0.25, 0.3) is 0 Å². The minimum atomic E-state index is -0.961. The fourth-order valence-electron chi connectivity index (χ4n) is 1.90. The van der Waals surface area contributed by atoms with Gasteiger partial charge in [0.1, 0.15) is 0 Å². The van der Waals surface area contributed by atoms with Crippen LogP contribution in [-0.2, 0) is 0 Å². The molecule has 20 heavy (non-hydrogen) atoms. The van der Waals surface area contributed by atoms with Crippen molar-refractivity contribution in [3.05, 3.63) is 29.3 Å². The number of aromatic carboxylic acids is 1. The van der Waals surface area contributed by atoms with Crippen LogP contribution >= 0.6 is 0 Å². The maximum Gasteiger partial charge on any atom is 0.335 e. The average molecular weight is 278 g/mol. The molecule has 1 aromatic rings. The van der Waals surface area contributed by atoms with Crippen LogP contribution in [0.2, 0.25) is 0 Å². The molecule has 0 heterocycles. The van der Waals surface area contributed by atoms with Crippen molar-refractivity contribution < 1.29 is 14.7 Å². The summed E-state index contributed by atoms with van der Waals surface area (Å²) in [6, 6.07) is 4.60. The number of carbonyl (C=O) groups excluding carboxylic acids is 1. The van der Waals surface area contributed by atoms with Crippen LogP contribution in [0.25, 0.3) is 0 Å². The smallest absolute Gasteiger partial charge is 0.335 e. The van der Waals surface area contributed by atoms with E-state index >= 15 is 0 Å². The lowest BCUT2D eigenvalue weighted by atomic mass is 10.1. The molecule has 0 aliphatic heterocycles. The first kappa shape index (κ1) is 16.0. The zero-order valence-corrected chi connectivity index (χ0v) is 12.3. The van der Waals surface area contributed by atoms with E-state index < -0.39 is 5.97 Å². The lowest BCUT2D eigenvalue weighted by molar-refractivity contribution is 0.0696. The number of hydrogen-bond donors (Lipinski definition) is 2. The summed E-state index contributed by atoms with van der Waals surface area (Å²) in [6.07, 6.45) is 3.20. The van der Waals surface area contributed by atoms with E-state index in [4.69, 9.17) is 5.11 Å². The topological polar surface area (TPSA) is 69.6 Å². The molecule has 0 unspecified atom stereocenters. The minimum absolute atomic E-state index is 0.177. The number of nitrogens with one attached hydrogen (secondary N) is 1. The number of nitrogens with zero attached hydrogens (tertiary/aromatic N) is 1. The summed E-state index contributed by atoms with van der Waals surface area (Å²) in [5.74, 6) is -0.961. The van der Waals surface area contributed by atoms with Gasteiger partial charge < -0.3 is 15.3 Å². The van der Waals surface area contributed by atoms with E-state index in [-0.39, 0.29) is 11.6 Å². The summed E-state index contributed by atoms with van der Waals surface area (Å²) in [5, 5.41) is 11.7. The molecular weight excluding hydrogens is 256 g/mol. The molecule has 2 amide bonds. The number of carbonyl (C=O) groups is 2. The maximum absolute atomic E-state index is 11.9. The van der Waals surface area contributed by atoms with Crippen molar-refractivity contribution in [1.29, 1.82) is 0 Å². The third kappa shape index (κ3) is 4.57. The van der Waals surface area contributed by atoms with E-state index in [1.165, 1.54) is 6.07 Å². The molecule has 5 nitrogen and oxygen atoms in total. The molecule has 0 aliphatic rings. The number of carboxylic acids is 1. The fraction of sp³-hybridized carbons (Fsp3) is 0.467. The van der Waals surface area contributed by atoms with Gasteiger partial charge in [0.05, 0.1) is 5.56 Å². The Kier molecular flexibility index (Phi) is 6.03. The Morgan fingerprint density at radius 3 is 2.55 bits per heavy atom. The number of rotatable bonds is 6. The van der Waals surface area contributed by atoms with Gasteiger partial charge in [0.15, 0.2) is 0 Å². The zero-order valence-electron chi connectivity index (χ0n) is 12.3. The third-order valence-electron chi connectivity index (χ3n) is 3.15. The van der Waals surface area contributed by atoms with Crippen LogP contribution in [0.1, 0.15) is 42.1 Å². The molecule has 2 N–H and O–H groups in total. The van der Waals surface area contributed by atoms with Crippen molar-refractivity contribution in [2.45, 2.75) is 33.1 Å². The highest BCUT2D eigenvalue weighted by molar-refractivity contribution is 5.92. The summed E-state index contributed by atoms with van der Waals surface area (Å²) in [5.41, 5.74) is 1.49. The van der Waals surface area contributed by atoms with Gasteiger partial charge in [-0.3, -0.25) is 0 Å². The number of amides is 2. The van der Waals surface area contributed by atoms with E-state index in [1.54, 1.807) is 31.0 Å². The molecule has 0 aromatic heterocycles. The number of aryl methyl sites for hydroxylation is 1. The monoisotopic (exact) mass is 278 g/mol. The van der Waals surface area contributed by atoms with Crippen molar-refractivity contribution in [3.63, 3.8) is 0 Å². The summed E-state index contributed by atoms with van der Waals surface area (Å²) < 4.78 is 0. The van der Waals surface area contributed by atoms with E-state index in [0.717, 1.165) is 19.3 Å². The van der Waals surface area contributed by atoms with Crippen LogP contribution in [0.5, 0.6) is 0 Å². The third-order valence-corrected chi connectivity index (χ3v) is 3.15. The predicted molar refractivity (Wildman–Crippen MR) is 79.3 cm³/mol. The second-order valence-electron chi connectivity index (χ2n) is 4.89. The molecule has 0 fully saturated rings. The molecule has 0 saturated carbocycles. The van der Waals surface area contributed by atoms with Gasteiger partial charge in [0.2, 0.25) is 0 Å². The summed E-state index contributed by atoms with van der Waals surface area (Å²) >= 11 is 0. The van der Waals surface area contributed by atoms with E-state index in [1.807, 2.05) is 0 Å². The standard InChI is InChI=1S/C15H22N2O3/c1-4-5-6-9-17(3)15(20)16-12-7-8-13(14(18)19)11(2)10-12/h7-8,10H,4-6,9H2,1-3H3,(H,16,20)(H,18,19). The minimum Gasteiger partial charge on any atom is -0.478 e. The number of anilines is 1. The first-order chi connectivity index (χ1) is 9.45. The Labute approximate surface area is 119 Å². The molecule has 0 aliphatic carbocycles. The highest BCUT2D eigenvalue weighted by Gasteiger charge is 2.11. The highest BCUT2D eigenvalue weighted by atomic mass is 16.4. The van der Waals surface area contributed by atoms with Crippen LogP contribution in [0, 0.1) is 6.92 Å². The summed E-state index contributed by atoms with van der Waals surface area (Å²) in [6.45, 7) is 4.54. The molecular formula is C15H22N2O3. The van der Waals surface area contributed by atoms with Crippen molar-refractivity contribution >= 4 is 17.7 Å². The van der Waals surface area contributed by atoms with Gasteiger partial charge >= 0.3 is 12.0 Å². The van der Waals surface area contributed by atoms with Gasteiger partial charge in [-0.25, -0.2) is 9.59 Å². The van der Waals surface area contributed by atoms with Crippen LogP contribution in [-0.4, -0.2) is 35.6 Å². The normalized spacial score (nSPS) is 10.2.